The lowest BCUT2D eigenvalue weighted by Crippen LogP contribution is -2.18. The zero-order valence-electron chi connectivity index (χ0n) is 11.5. The van der Waals surface area contributed by atoms with E-state index in [0.717, 1.165) is 34.7 Å². The van der Waals surface area contributed by atoms with Gasteiger partial charge in [-0.1, -0.05) is 17.7 Å². The Hall–Kier alpha value is -1.36. The molecule has 1 aliphatic heterocycles. The summed E-state index contributed by atoms with van der Waals surface area (Å²) in [6, 6.07) is 6.15. The van der Waals surface area contributed by atoms with Gasteiger partial charge in [-0.05, 0) is 42.3 Å². The number of fused-ring (bicyclic) bond motifs is 1. The Kier molecular flexibility index (Phi) is 3.45. The summed E-state index contributed by atoms with van der Waals surface area (Å²) in [7, 11) is 0. The first-order chi connectivity index (χ1) is 10.3. The van der Waals surface area contributed by atoms with Gasteiger partial charge in [0.2, 0.25) is 0 Å². The molecule has 21 heavy (non-hydrogen) atoms. The van der Waals surface area contributed by atoms with E-state index in [9.17, 15) is 0 Å². The zero-order valence-corrected chi connectivity index (χ0v) is 13.0. The number of thiophene rings is 1. The molecule has 3 heterocycles. The summed E-state index contributed by atoms with van der Waals surface area (Å²) < 4.78 is 8.87. The summed E-state index contributed by atoms with van der Waals surface area (Å²) in [4.78, 5) is 0. The Balaban J connectivity index is 1.74. The molecule has 0 N–H and O–H groups in total. The van der Waals surface area contributed by atoms with E-state index >= 15 is 0 Å². The van der Waals surface area contributed by atoms with Crippen LogP contribution in [0.25, 0.3) is 21.2 Å². The molecule has 1 saturated heterocycles. The standard InChI is InChI=1S/C16H15ClN2OS/c17-14-5-4-12(13-6-8-21-16(13)14)11-9-18-19(10-11)15-3-1-2-7-20-15/h4-6,8-10,15H,1-3,7H2. The monoisotopic (exact) mass is 318 g/mol. The Morgan fingerprint density at radius 1 is 1.29 bits per heavy atom. The Morgan fingerprint density at radius 3 is 3.10 bits per heavy atom. The summed E-state index contributed by atoms with van der Waals surface area (Å²) >= 11 is 7.93. The van der Waals surface area contributed by atoms with Crippen LogP contribution in [0.5, 0.6) is 0 Å². The fraction of sp³-hybridized carbons (Fsp3) is 0.312. The van der Waals surface area contributed by atoms with Gasteiger partial charge < -0.3 is 4.74 Å². The van der Waals surface area contributed by atoms with Gasteiger partial charge >= 0.3 is 0 Å². The van der Waals surface area contributed by atoms with Gasteiger partial charge in [0.25, 0.3) is 0 Å². The third-order valence-corrected chi connectivity index (χ3v) is 5.31. The summed E-state index contributed by atoms with van der Waals surface area (Å²) in [5, 5.41) is 8.57. The highest BCUT2D eigenvalue weighted by atomic mass is 35.5. The maximum Gasteiger partial charge on any atom is 0.150 e. The van der Waals surface area contributed by atoms with E-state index in [1.165, 1.54) is 17.4 Å². The van der Waals surface area contributed by atoms with Crippen LogP contribution < -0.4 is 0 Å². The lowest BCUT2D eigenvalue weighted by atomic mass is 10.1. The molecule has 0 amide bonds. The molecular weight excluding hydrogens is 304 g/mol. The van der Waals surface area contributed by atoms with Crippen molar-refractivity contribution in [2.45, 2.75) is 25.5 Å². The SMILES string of the molecule is Clc1ccc(-c2cnn(C3CCCCO3)c2)c2ccsc12. The predicted octanol–water partition coefficient (Wildman–Crippen LogP) is 5.12. The van der Waals surface area contributed by atoms with Crippen LogP contribution in [0.4, 0.5) is 0 Å². The number of benzene rings is 1. The number of halogens is 1. The molecule has 3 nitrogen and oxygen atoms in total. The van der Waals surface area contributed by atoms with Gasteiger partial charge in [0, 0.05) is 23.8 Å². The maximum absolute atomic E-state index is 6.25. The topological polar surface area (TPSA) is 27.1 Å². The van der Waals surface area contributed by atoms with Crippen molar-refractivity contribution >= 4 is 33.0 Å². The molecule has 0 saturated carbocycles. The van der Waals surface area contributed by atoms with E-state index < -0.39 is 0 Å². The summed E-state index contributed by atoms with van der Waals surface area (Å²) in [5.74, 6) is 0. The first-order valence-electron chi connectivity index (χ1n) is 7.15. The van der Waals surface area contributed by atoms with E-state index in [1.807, 2.05) is 16.9 Å². The molecule has 1 aliphatic rings. The van der Waals surface area contributed by atoms with Gasteiger partial charge in [0.05, 0.1) is 15.9 Å². The van der Waals surface area contributed by atoms with Crippen LogP contribution in [0.2, 0.25) is 5.02 Å². The van der Waals surface area contributed by atoms with E-state index in [-0.39, 0.29) is 6.23 Å². The molecule has 4 rings (SSSR count). The number of rotatable bonds is 2. The third kappa shape index (κ3) is 2.37. The minimum atomic E-state index is 0.0813. The lowest BCUT2D eigenvalue weighted by molar-refractivity contribution is -0.0394. The van der Waals surface area contributed by atoms with E-state index in [0.29, 0.717) is 0 Å². The largest absolute Gasteiger partial charge is 0.357 e. The zero-order chi connectivity index (χ0) is 14.2. The van der Waals surface area contributed by atoms with Crippen molar-refractivity contribution in [2.24, 2.45) is 0 Å². The van der Waals surface area contributed by atoms with Crippen LogP contribution in [0, 0.1) is 0 Å². The van der Waals surface area contributed by atoms with Crippen molar-refractivity contribution in [3.8, 4) is 11.1 Å². The predicted molar refractivity (Wildman–Crippen MR) is 86.9 cm³/mol. The van der Waals surface area contributed by atoms with Gasteiger partial charge in [-0.25, -0.2) is 4.68 Å². The maximum atomic E-state index is 6.25. The van der Waals surface area contributed by atoms with E-state index in [1.54, 1.807) is 11.3 Å². The molecule has 2 aromatic heterocycles. The third-order valence-electron chi connectivity index (χ3n) is 3.93. The lowest BCUT2D eigenvalue weighted by Gasteiger charge is -2.22. The molecular formula is C16H15ClN2OS. The smallest absolute Gasteiger partial charge is 0.150 e. The molecule has 1 fully saturated rings. The van der Waals surface area contributed by atoms with E-state index in [2.05, 4.69) is 28.8 Å². The number of hydrogen-bond donors (Lipinski definition) is 0. The fourth-order valence-corrected chi connectivity index (χ4v) is 3.97. The number of hydrogen-bond acceptors (Lipinski definition) is 3. The number of nitrogens with zero attached hydrogens (tertiary/aromatic N) is 2. The Morgan fingerprint density at radius 2 is 2.24 bits per heavy atom. The number of ether oxygens (including phenoxy) is 1. The van der Waals surface area contributed by atoms with Crippen LogP contribution in [-0.2, 0) is 4.74 Å². The summed E-state index contributed by atoms with van der Waals surface area (Å²) in [6.07, 6.45) is 7.47. The van der Waals surface area contributed by atoms with Crippen molar-refractivity contribution < 1.29 is 4.74 Å². The average Bonchev–Trinajstić information content (AvgIpc) is 3.18. The normalized spacial score (nSPS) is 19.2. The number of aromatic nitrogens is 2. The summed E-state index contributed by atoms with van der Waals surface area (Å²) in [6.45, 7) is 0.829. The van der Waals surface area contributed by atoms with E-state index in [4.69, 9.17) is 16.3 Å². The minimum absolute atomic E-state index is 0.0813. The highest BCUT2D eigenvalue weighted by Gasteiger charge is 2.17. The van der Waals surface area contributed by atoms with Crippen molar-refractivity contribution in [3.05, 3.63) is 41.0 Å². The highest BCUT2D eigenvalue weighted by molar-refractivity contribution is 7.18. The molecule has 1 aromatic carbocycles. The highest BCUT2D eigenvalue weighted by Crippen LogP contribution is 2.36. The Bertz CT molecular complexity index is 774. The van der Waals surface area contributed by atoms with Crippen LogP contribution in [0.3, 0.4) is 0 Å². The van der Waals surface area contributed by atoms with Gasteiger partial charge in [0.15, 0.2) is 0 Å². The van der Waals surface area contributed by atoms with Crippen LogP contribution in [0.15, 0.2) is 36.0 Å². The molecule has 3 aromatic rings. The second kappa shape index (κ2) is 5.44. The van der Waals surface area contributed by atoms with Crippen LogP contribution in [-0.4, -0.2) is 16.4 Å². The van der Waals surface area contributed by atoms with Crippen molar-refractivity contribution in [2.75, 3.05) is 6.61 Å². The molecule has 108 valence electrons. The van der Waals surface area contributed by atoms with Crippen LogP contribution in [0.1, 0.15) is 25.5 Å². The molecule has 0 bridgehead atoms. The van der Waals surface area contributed by atoms with Gasteiger partial charge in [-0.2, -0.15) is 5.10 Å². The molecule has 0 radical (unpaired) electrons. The van der Waals surface area contributed by atoms with Gasteiger partial charge in [0.1, 0.15) is 6.23 Å². The van der Waals surface area contributed by atoms with Gasteiger partial charge in [-0.15, -0.1) is 11.3 Å². The molecule has 0 aliphatic carbocycles. The quantitative estimate of drug-likeness (QED) is 0.656. The van der Waals surface area contributed by atoms with Crippen molar-refractivity contribution in [1.82, 2.24) is 9.78 Å². The first-order valence-corrected chi connectivity index (χ1v) is 8.40. The Labute approximate surface area is 132 Å². The van der Waals surface area contributed by atoms with Gasteiger partial charge in [-0.3, -0.25) is 0 Å². The average molecular weight is 319 g/mol. The second-order valence-corrected chi connectivity index (χ2v) is 6.61. The van der Waals surface area contributed by atoms with Crippen molar-refractivity contribution in [3.63, 3.8) is 0 Å². The molecule has 1 unspecified atom stereocenters. The fourth-order valence-electron chi connectivity index (χ4n) is 2.85. The van der Waals surface area contributed by atoms with Crippen LogP contribution >= 0.6 is 22.9 Å². The molecule has 1 atom stereocenters. The first kappa shape index (κ1) is 13.3. The van der Waals surface area contributed by atoms with Crippen molar-refractivity contribution in [1.29, 1.82) is 0 Å². The molecule has 5 heteroatoms. The minimum Gasteiger partial charge on any atom is -0.357 e. The summed E-state index contributed by atoms with van der Waals surface area (Å²) in [5.41, 5.74) is 2.29. The second-order valence-electron chi connectivity index (χ2n) is 5.29. The molecule has 0 spiro atoms.